The standard InChI is InChI=1S/C20H18N4O3/c25-18(11-17-13-5-1-2-6-14(13)20(27)24-23-17)22-16-8-4-3-7-15(16)19(26)21-12-9-10-12/h1-8,12H,9-11H2,(H,21,26)(H,22,25)(H,24,27). The molecular formula is C20H18N4O3. The van der Waals surface area contributed by atoms with Crippen LogP contribution in [0.5, 0.6) is 0 Å². The van der Waals surface area contributed by atoms with Gasteiger partial charge in [0, 0.05) is 11.4 Å². The van der Waals surface area contributed by atoms with Crippen molar-refractivity contribution in [1.82, 2.24) is 15.5 Å². The summed E-state index contributed by atoms with van der Waals surface area (Å²) in [5.74, 6) is -0.507. The Hall–Kier alpha value is -3.48. The maximum atomic E-state index is 12.5. The molecule has 2 amide bonds. The maximum Gasteiger partial charge on any atom is 0.272 e. The van der Waals surface area contributed by atoms with Crippen LogP contribution in [0.25, 0.3) is 10.8 Å². The average molecular weight is 362 g/mol. The Balaban J connectivity index is 1.55. The molecule has 0 saturated heterocycles. The van der Waals surface area contributed by atoms with E-state index in [2.05, 4.69) is 20.8 Å². The highest BCUT2D eigenvalue weighted by Crippen LogP contribution is 2.22. The fraction of sp³-hybridized carbons (Fsp3) is 0.200. The minimum absolute atomic E-state index is 0.0180. The van der Waals surface area contributed by atoms with Gasteiger partial charge in [0.2, 0.25) is 5.91 Å². The number of aromatic nitrogens is 2. The van der Waals surface area contributed by atoms with E-state index in [1.54, 1.807) is 48.5 Å². The molecule has 1 saturated carbocycles. The Labute approximate surface area is 154 Å². The van der Waals surface area contributed by atoms with Crippen LogP contribution in [0.3, 0.4) is 0 Å². The number of carbonyl (C=O) groups excluding carboxylic acids is 2. The van der Waals surface area contributed by atoms with Crippen LogP contribution < -0.4 is 16.2 Å². The number of fused-ring (bicyclic) bond motifs is 1. The summed E-state index contributed by atoms with van der Waals surface area (Å²) in [5, 5.41) is 13.3. The first-order chi connectivity index (χ1) is 13.1. The van der Waals surface area contributed by atoms with Gasteiger partial charge in [-0.2, -0.15) is 5.10 Å². The van der Waals surface area contributed by atoms with Crippen molar-refractivity contribution in [1.29, 1.82) is 0 Å². The van der Waals surface area contributed by atoms with Crippen LogP contribution in [0, 0.1) is 0 Å². The minimum atomic E-state index is -0.314. The molecule has 1 aliphatic carbocycles. The zero-order valence-electron chi connectivity index (χ0n) is 14.5. The quantitative estimate of drug-likeness (QED) is 0.646. The smallest absolute Gasteiger partial charge is 0.272 e. The number of nitrogens with zero attached hydrogens (tertiary/aromatic N) is 1. The van der Waals surface area contributed by atoms with E-state index in [9.17, 15) is 14.4 Å². The molecule has 27 heavy (non-hydrogen) atoms. The Morgan fingerprint density at radius 1 is 1.04 bits per heavy atom. The van der Waals surface area contributed by atoms with Crippen LogP contribution >= 0.6 is 0 Å². The monoisotopic (exact) mass is 362 g/mol. The first-order valence-corrected chi connectivity index (χ1v) is 8.78. The van der Waals surface area contributed by atoms with E-state index in [1.807, 2.05) is 0 Å². The first-order valence-electron chi connectivity index (χ1n) is 8.78. The SMILES string of the molecule is O=C(Cc1n[nH]c(=O)c2ccccc12)Nc1ccccc1C(=O)NC1CC1. The summed E-state index contributed by atoms with van der Waals surface area (Å²) in [7, 11) is 0. The molecule has 7 nitrogen and oxygen atoms in total. The van der Waals surface area contributed by atoms with E-state index >= 15 is 0 Å². The molecular weight excluding hydrogens is 344 g/mol. The molecule has 0 aliphatic heterocycles. The van der Waals surface area contributed by atoms with Crippen molar-refractivity contribution in [3.63, 3.8) is 0 Å². The number of rotatable bonds is 5. The van der Waals surface area contributed by atoms with Gasteiger partial charge >= 0.3 is 0 Å². The Bertz CT molecular complexity index is 1090. The molecule has 1 fully saturated rings. The number of aromatic amines is 1. The third-order valence-corrected chi connectivity index (χ3v) is 4.46. The van der Waals surface area contributed by atoms with Gasteiger partial charge in [-0.25, -0.2) is 5.10 Å². The summed E-state index contributed by atoms with van der Waals surface area (Å²) in [4.78, 5) is 36.8. The van der Waals surface area contributed by atoms with Gasteiger partial charge in [0.25, 0.3) is 11.5 Å². The summed E-state index contributed by atoms with van der Waals surface area (Å²) >= 11 is 0. The second-order valence-corrected chi connectivity index (χ2v) is 6.56. The van der Waals surface area contributed by atoms with Crippen molar-refractivity contribution >= 4 is 28.3 Å². The molecule has 0 unspecified atom stereocenters. The van der Waals surface area contributed by atoms with E-state index in [0.717, 1.165) is 12.8 Å². The van der Waals surface area contributed by atoms with Crippen molar-refractivity contribution in [2.75, 3.05) is 5.32 Å². The molecule has 136 valence electrons. The van der Waals surface area contributed by atoms with E-state index in [1.165, 1.54) is 0 Å². The highest BCUT2D eigenvalue weighted by Gasteiger charge is 2.25. The number of para-hydroxylation sites is 1. The third kappa shape index (κ3) is 3.72. The summed E-state index contributed by atoms with van der Waals surface area (Å²) in [5.41, 5.74) is 1.06. The Morgan fingerprint density at radius 3 is 2.52 bits per heavy atom. The zero-order valence-corrected chi connectivity index (χ0v) is 14.5. The molecule has 4 rings (SSSR count). The van der Waals surface area contributed by atoms with Crippen LogP contribution in [0.15, 0.2) is 53.3 Å². The second kappa shape index (κ2) is 7.03. The Kier molecular flexibility index (Phi) is 4.42. The van der Waals surface area contributed by atoms with Gasteiger partial charge in [-0.1, -0.05) is 30.3 Å². The second-order valence-electron chi connectivity index (χ2n) is 6.56. The molecule has 1 aromatic heterocycles. The first kappa shape index (κ1) is 17.0. The summed E-state index contributed by atoms with van der Waals surface area (Å²) < 4.78 is 0. The predicted molar refractivity (Wildman–Crippen MR) is 102 cm³/mol. The number of nitrogens with one attached hydrogen (secondary N) is 3. The molecule has 1 heterocycles. The van der Waals surface area contributed by atoms with Crippen LogP contribution in [0.1, 0.15) is 28.9 Å². The zero-order chi connectivity index (χ0) is 18.8. The Morgan fingerprint density at radius 2 is 1.74 bits per heavy atom. The van der Waals surface area contributed by atoms with E-state index in [0.29, 0.717) is 27.7 Å². The third-order valence-electron chi connectivity index (χ3n) is 4.46. The maximum absolute atomic E-state index is 12.5. The van der Waals surface area contributed by atoms with Crippen LogP contribution in [0.2, 0.25) is 0 Å². The lowest BCUT2D eigenvalue weighted by atomic mass is 10.1. The molecule has 7 heteroatoms. The highest BCUT2D eigenvalue weighted by atomic mass is 16.2. The number of benzene rings is 2. The van der Waals surface area contributed by atoms with E-state index in [-0.39, 0.29) is 29.8 Å². The molecule has 0 bridgehead atoms. The number of amides is 2. The molecule has 0 radical (unpaired) electrons. The summed E-state index contributed by atoms with van der Waals surface area (Å²) in [6, 6.07) is 14.1. The van der Waals surface area contributed by atoms with Gasteiger partial charge < -0.3 is 10.6 Å². The average Bonchev–Trinajstić information content (AvgIpc) is 3.48. The van der Waals surface area contributed by atoms with E-state index in [4.69, 9.17) is 0 Å². The van der Waals surface area contributed by atoms with Crippen molar-refractivity contribution in [2.24, 2.45) is 0 Å². The molecule has 0 atom stereocenters. The topological polar surface area (TPSA) is 104 Å². The van der Waals surface area contributed by atoms with Gasteiger partial charge in [0.1, 0.15) is 0 Å². The highest BCUT2D eigenvalue weighted by molar-refractivity contribution is 6.04. The normalized spacial score (nSPS) is 13.3. The fourth-order valence-electron chi connectivity index (χ4n) is 2.93. The van der Waals surface area contributed by atoms with Gasteiger partial charge in [-0.15, -0.1) is 0 Å². The van der Waals surface area contributed by atoms with Crippen molar-refractivity contribution in [3.05, 3.63) is 70.1 Å². The molecule has 0 spiro atoms. The van der Waals surface area contributed by atoms with Gasteiger partial charge in [0.15, 0.2) is 0 Å². The largest absolute Gasteiger partial charge is 0.349 e. The summed E-state index contributed by atoms with van der Waals surface area (Å²) in [6.07, 6.45) is 1.96. The molecule has 1 aliphatic rings. The lowest BCUT2D eigenvalue weighted by Crippen LogP contribution is -2.27. The molecule has 3 aromatic rings. The van der Waals surface area contributed by atoms with Gasteiger partial charge in [-0.3, -0.25) is 14.4 Å². The predicted octanol–water partition coefficient (Wildman–Crippen LogP) is 2.00. The minimum Gasteiger partial charge on any atom is -0.349 e. The molecule has 2 aromatic carbocycles. The van der Waals surface area contributed by atoms with Gasteiger partial charge in [-0.05, 0) is 31.0 Å². The lowest BCUT2D eigenvalue weighted by molar-refractivity contribution is -0.115. The van der Waals surface area contributed by atoms with Crippen LogP contribution in [0.4, 0.5) is 5.69 Å². The lowest BCUT2D eigenvalue weighted by Gasteiger charge is -2.11. The van der Waals surface area contributed by atoms with E-state index < -0.39 is 0 Å². The number of anilines is 1. The summed E-state index contributed by atoms with van der Waals surface area (Å²) in [6.45, 7) is 0. The van der Waals surface area contributed by atoms with Crippen molar-refractivity contribution in [2.45, 2.75) is 25.3 Å². The number of hydrogen-bond donors (Lipinski definition) is 3. The van der Waals surface area contributed by atoms with Crippen molar-refractivity contribution in [3.8, 4) is 0 Å². The number of H-pyrrole nitrogens is 1. The van der Waals surface area contributed by atoms with Crippen LogP contribution in [-0.2, 0) is 11.2 Å². The number of carbonyl (C=O) groups is 2. The van der Waals surface area contributed by atoms with Gasteiger partial charge in [0.05, 0.1) is 28.8 Å². The number of hydrogen-bond acceptors (Lipinski definition) is 4. The fourth-order valence-corrected chi connectivity index (χ4v) is 2.93. The van der Waals surface area contributed by atoms with Crippen LogP contribution in [-0.4, -0.2) is 28.1 Å². The molecule has 3 N–H and O–H groups in total. The van der Waals surface area contributed by atoms with Crippen molar-refractivity contribution < 1.29 is 9.59 Å².